The average molecular weight is 315 g/mol. The van der Waals surface area contributed by atoms with Crippen LogP contribution in [0.5, 0.6) is 0 Å². The molecule has 0 spiro atoms. The summed E-state index contributed by atoms with van der Waals surface area (Å²) in [5.74, 6) is 0. The van der Waals surface area contributed by atoms with E-state index in [0.717, 1.165) is 30.5 Å². The van der Waals surface area contributed by atoms with Gasteiger partial charge < -0.3 is 15.8 Å². The van der Waals surface area contributed by atoms with Gasteiger partial charge in [-0.05, 0) is 37.9 Å². The molecule has 0 heterocycles. The summed E-state index contributed by atoms with van der Waals surface area (Å²) in [6.45, 7) is 3.62. The smallest absolute Gasteiger partial charge is 0.0616 e. The molecule has 1 unspecified atom stereocenters. The van der Waals surface area contributed by atoms with Crippen molar-refractivity contribution in [1.82, 2.24) is 5.32 Å². The summed E-state index contributed by atoms with van der Waals surface area (Å²) in [6.07, 6.45) is 2.06. The lowest BCUT2D eigenvalue weighted by atomic mass is 10.1. The highest BCUT2D eigenvalue weighted by Crippen LogP contribution is 2.23. The summed E-state index contributed by atoms with van der Waals surface area (Å²) in [5, 5.41) is 3.60. The first kappa shape index (κ1) is 15.6. The third kappa shape index (κ3) is 5.06. The second-order valence-corrected chi connectivity index (χ2v) is 5.35. The molecule has 0 fully saturated rings. The number of hydrogen-bond acceptors (Lipinski definition) is 3. The van der Waals surface area contributed by atoms with Gasteiger partial charge in [0.15, 0.2) is 0 Å². The molecule has 0 saturated carbocycles. The van der Waals surface area contributed by atoms with Gasteiger partial charge in [0.25, 0.3) is 0 Å². The number of benzene rings is 1. The van der Waals surface area contributed by atoms with Crippen molar-refractivity contribution in [2.24, 2.45) is 5.73 Å². The second kappa shape index (κ2) is 8.64. The number of ether oxygens (including phenoxy) is 1. The van der Waals surface area contributed by atoms with E-state index in [9.17, 15) is 0 Å². The minimum Gasteiger partial charge on any atom is -0.383 e. The first-order valence-electron chi connectivity index (χ1n) is 6.38. The lowest BCUT2D eigenvalue weighted by Gasteiger charge is -2.23. The van der Waals surface area contributed by atoms with E-state index in [-0.39, 0.29) is 0 Å². The third-order valence-corrected chi connectivity index (χ3v) is 3.70. The van der Waals surface area contributed by atoms with Crippen LogP contribution in [0.15, 0.2) is 28.7 Å². The molecular formula is C14H23BrN2O. The van der Waals surface area contributed by atoms with Crippen LogP contribution in [0, 0.1) is 0 Å². The van der Waals surface area contributed by atoms with E-state index < -0.39 is 0 Å². The molecule has 0 aliphatic carbocycles. The molecule has 0 radical (unpaired) electrons. The third-order valence-electron chi connectivity index (χ3n) is 2.98. The van der Waals surface area contributed by atoms with Crippen LogP contribution in [0.1, 0.15) is 31.4 Å². The quantitative estimate of drug-likeness (QED) is 0.775. The Morgan fingerprint density at radius 3 is 2.72 bits per heavy atom. The van der Waals surface area contributed by atoms with Crippen LogP contribution in [-0.2, 0) is 4.74 Å². The van der Waals surface area contributed by atoms with E-state index in [2.05, 4.69) is 46.4 Å². The Morgan fingerprint density at radius 2 is 2.11 bits per heavy atom. The molecule has 2 atom stereocenters. The number of methoxy groups -OCH3 is 1. The number of halogens is 1. The van der Waals surface area contributed by atoms with Gasteiger partial charge in [-0.1, -0.05) is 34.1 Å². The van der Waals surface area contributed by atoms with E-state index >= 15 is 0 Å². The SMILES string of the molecule is COCC(CCCN)N[C@@H](C)c1ccccc1Br. The number of nitrogens with two attached hydrogens (primary N) is 1. The van der Waals surface area contributed by atoms with Crippen LogP contribution in [0.3, 0.4) is 0 Å². The molecule has 1 rings (SSSR count). The van der Waals surface area contributed by atoms with Gasteiger partial charge in [0, 0.05) is 23.7 Å². The zero-order valence-corrected chi connectivity index (χ0v) is 12.7. The fraction of sp³-hybridized carbons (Fsp3) is 0.571. The van der Waals surface area contributed by atoms with Crippen LogP contribution in [0.25, 0.3) is 0 Å². The van der Waals surface area contributed by atoms with Crippen LogP contribution in [-0.4, -0.2) is 26.3 Å². The number of nitrogens with one attached hydrogen (secondary N) is 1. The van der Waals surface area contributed by atoms with Crippen LogP contribution >= 0.6 is 15.9 Å². The predicted molar refractivity (Wildman–Crippen MR) is 79.6 cm³/mol. The Hall–Kier alpha value is -0.420. The van der Waals surface area contributed by atoms with Crippen molar-refractivity contribution < 1.29 is 4.74 Å². The standard InChI is InChI=1S/C14H23BrN2O/c1-11(13-7-3-4-8-14(13)15)17-12(10-18-2)6-5-9-16/h3-4,7-8,11-12,17H,5-6,9-10,16H2,1-2H3/t11-,12?/m0/s1. The molecule has 0 saturated heterocycles. The van der Waals surface area contributed by atoms with Crippen molar-refractivity contribution in [2.45, 2.75) is 31.8 Å². The molecule has 1 aromatic carbocycles. The molecule has 0 aliphatic heterocycles. The molecule has 0 aromatic heterocycles. The van der Waals surface area contributed by atoms with Crippen molar-refractivity contribution in [2.75, 3.05) is 20.3 Å². The van der Waals surface area contributed by atoms with Gasteiger partial charge >= 0.3 is 0 Å². The van der Waals surface area contributed by atoms with E-state index in [1.807, 2.05) is 6.07 Å². The summed E-state index contributed by atoms with van der Waals surface area (Å²) in [5.41, 5.74) is 6.83. The maximum atomic E-state index is 5.56. The average Bonchev–Trinajstić information content (AvgIpc) is 2.36. The molecule has 18 heavy (non-hydrogen) atoms. The molecule has 0 bridgehead atoms. The number of rotatable bonds is 8. The maximum absolute atomic E-state index is 5.56. The lowest BCUT2D eigenvalue weighted by molar-refractivity contribution is 0.156. The van der Waals surface area contributed by atoms with Crippen LogP contribution < -0.4 is 11.1 Å². The molecule has 4 heteroatoms. The Balaban J connectivity index is 2.60. The Kier molecular flexibility index (Phi) is 7.51. The van der Waals surface area contributed by atoms with E-state index in [1.165, 1.54) is 5.56 Å². The van der Waals surface area contributed by atoms with Gasteiger partial charge in [0.2, 0.25) is 0 Å². The minimum atomic E-state index is 0.290. The van der Waals surface area contributed by atoms with Crippen LogP contribution in [0.2, 0.25) is 0 Å². The van der Waals surface area contributed by atoms with Gasteiger partial charge in [-0.3, -0.25) is 0 Å². The highest BCUT2D eigenvalue weighted by molar-refractivity contribution is 9.10. The van der Waals surface area contributed by atoms with Gasteiger partial charge in [0.05, 0.1) is 6.61 Å². The molecule has 102 valence electrons. The first-order valence-corrected chi connectivity index (χ1v) is 7.17. The Morgan fingerprint density at radius 1 is 1.39 bits per heavy atom. The minimum absolute atomic E-state index is 0.290. The van der Waals surface area contributed by atoms with E-state index in [1.54, 1.807) is 7.11 Å². The zero-order chi connectivity index (χ0) is 13.4. The van der Waals surface area contributed by atoms with Crippen molar-refractivity contribution in [3.63, 3.8) is 0 Å². The van der Waals surface area contributed by atoms with Gasteiger partial charge in [-0.2, -0.15) is 0 Å². The second-order valence-electron chi connectivity index (χ2n) is 4.49. The molecule has 1 aromatic rings. The Labute approximate surface area is 118 Å². The summed E-state index contributed by atoms with van der Waals surface area (Å²) < 4.78 is 6.39. The first-order chi connectivity index (χ1) is 8.69. The predicted octanol–water partition coefficient (Wildman–Crippen LogP) is 2.85. The van der Waals surface area contributed by atoms with Gasteiger partial charge in [-0.25, -0.2) is 0 Å². The zero-order valence-electron chi connectivity index (χ0n) is 11.2. The molecule has 3 nitrogen and oxygen atoms in total. The van der Waals surface area contributed by atoms with Crippen molar-refractivity contribution >= 4 is 15.9 Å². The van der Waals surface area contributed by atoms with Crippen molar-refractivity contribution in [3.05, 3.63) is 34.3 Å². The van der Waals surface area contributed by atoms with Gasteiger partial charge in [0.1, 0.15) is 0 Å². The monoisotopic (exact) mass is 314 g/mol. The Bertz CT molecular complexity index is 346. The van der Waals surface area contributed by atoms with E-state index in [0.29, 0.717) is 12.1 Å². The topological polar surface area (TPSA) is 47.3 Å². The van der Waals surface area contributed by atoms with E-state index in [4.69, 9.17) is 10.5 Å². The summed E-state index contributed by atoms with van der Waals surface area (Å²) in [4.78, 5) is 0. The number of hydrogen-bond donors (Lipinski definition) is 2. The van der Waals surface area contributed by atoms with Gasteiger partial charge in [-0.15, -0.1) is 0 Å². The van der Waals surface area contributed by atoms with Crippen LogP contribution in [0.4, 0.5) is 0 Å². The maximum Gasteiger partial charge on any atom is 0.0616 e. The molecule has 3 N–H and O–H groups in total. The summed E-state index contributed by atoms with van der Waals surface area (Å²) in [7, 11) is 1.74. The lowest BCUT2D eigenvalue weighted by Crippen LogP contribution is -2.35. The summed E-state index contributed by atoms with van der Waals surface area (Å²) in [6, 6.07) is 8.93. The fourth-order valence-electron chi connectivity index (χ4n) is 2.05. The molecular weight excluding hydrogens is 292 g/mol. The summed E-state index contributed by atoms with van der Waals surface area (Å²) >= 11 is 3.59. The molecule has 0 aliphatic rings. The molecule has 0 amide bonds. The van der Waals surface area contributed by atoms with Crippen molar-refractivity contribution in [1.29, 1.82) is 0 Å². The normalized spacial score (nSPS) is 14.4. The highest BCUT2D eigenvalue weighted by Gasteiger charge is 2.14. The highest BCUT2D eigenvalue weighted by atomic mass is 79.9. The largest absolute Gasteiger partial charge is 0.383 e. The fourth-order valence-corrected chi connectivity index (χ4v) is 2.68. The van der Waals surface area contributed by atoms with Crippen molar-refractivity contribution in [3.8, 4) is 0 Å².